The lowest BCUT2D eigenvalue weighted by atomic mass is 9.78. The van der Waals surface area contributed by atoms with E-state index >= 15 is 4.39 Å². The van der Waals surface area contributed by atoms with Crippen molar-refractivity contribution >= 4 is 22.4 Å². The first kappa shape index (κ1) is 36.3. The minimum atomic E-state index is -5.05. The summed E-state index contributed by atoms with van der Waals surface area (Å²) in [5, 5.41) is 6.14. The third-order valence-electron chi connectivity index (χ3n) is 8.14. The maximum atomic E-state index is 16.5. The molecule has 0 saturated carbocycles. The van der Waals surface area contributed by atoms with Crippen molar-refractivity contribution in [2.45, 2.75) is 59.7 Å². The number of likely N-dealkylation sites (tertiary alicyclic amines) is 1. The van der Waals surface area contributed by atoms with Crippen molar-refractivity contribution in [1.82, 2.24) is 25.2 Å². The van der Waals surface area contributed by atoms with Crippen LogP contribution in [0.25, 0.3) is 22.2 Å². The van der Waals surface area contributed by atoms with Crippen LogP contribution < -0.4 is 25.8 Å². The summed E-state index contributed by atoms with van der Waals surface area (Å²) < 4.78 is 91.1. The van der Waals surface area contributed by atoms with E-state index in [1.54, 1.807) is 14.0 Å². The summed E-state index contributed by atoms with van der Waals surface area (Å²) in [5.74, 6) is -2.47. The van der Waals surface area contributed by atoms with E-state index in [0.717, 1.165) is 45.8 Å². The molecule has 47 heavy (non-hydrogen) atoms. The number of likely N-dealkylation sites (N-methyl/N-ethyl adjacent to an activating group) is 1. The fourth-order valence-electron chi connectivity index (χ4n) is 5.61. The molecular weight excluding hydrogens is 625 g/mol. The normalized spacial score (nSPS) is 16.2. The van der Waals surface area contributed by atoms with Crippen molar-refractivity contribution in [1.29, 1.82) is 0 Å². The Kier molecular flexibility index (Phi) is 11.7. The van der Waals surface area contributed by atoms with Crippen LogP contribution in [0.4, 0.5) is 33.5 Å². The molecule has 0 amide bonds. The highest BCUT2D eigenvalue weighted by Gasteiger charge is 2.48. The second kappa shape index (κ2) is 15.1. The van der Waals surface area contributed by atoms with Gasteiger partial charge in [0.25, 0.3) is 0 Å². The van der Waals surface area contributed by atoms with Crippen LogP contribution in [-0.2, 0) is 10.9 Å². The molecule has 1 unspecified atom stereocenters. The number of halogens is 5. The molecule has 2 aromatic heterocycles. The summed E-state index contributed by atoms with van der Waals surface area (Å²) in [6.07, 6.45) is -4.33. The Bertz CT molecular complexity index is 1540. The van der Waals surface area contributed by atoms with E-state index in [1.807, 2.05) is 20.8 Å². The molecule has 2 aliphatic heterocycles. The molecule has 260 valence electrons. The van der Waals surface area contributed by atoms with Gasteiger partial charge in [-0.1, -0.05) is 20.8 Å². The molecular formula is C32H44F5N7O3. The second-order valence-corrected chi connectivity index (χ2v) is 11.8. The van der Waals surface area contributed by atoms with Crippen molar-refractivity contribution in [2.24, 2.45) is 5.41 Å². The van der Waals surface area contributed by atoms with Crippen molar-refractivity contribution in [3.63, 3.8) is 0 Å². The first-order valence-electron chi connectivity index (χ1n) is 15.9. The molecule has 2 aliphatic rings. The average molecular weight is 670 g/mol. The van der Waals surface area contributed by atoms with Crippen LogP contribution in [0.5, 0.6) is 11.9 Å². The second-order valence-electron chi connectivity index (χ2n) is 11.8. The van der Waals surface area contributed by atoms with E-state index in [9.17, 15) is 17.6 Å². The zero-order valence-electron chi connectivity index (χ0n) is 27.7. The summed E-state index contributed by atoms with van der Waals surface area (Å²) >= 11 is 0. The predicted octanol–water partition coefficient (Wildman–Crippen LogP) is 5.82. The lowest BCUT2D eigenvalue weighted by Crippen LogP contribution is -2.65. The van der Waals surface area contributed by atoms with E-state index in [1.165, 1.54) is 0 Å². The highest BCUT2D eigenvalue weighted by molar-refractivity contribution is 5.96. The Balaban J connectivity index is 0.00000245. The van der Waals surface area contributed by atoms with Crippen LogP contribution in [0.3, 0.4) is 0 Å². The Morgan fingerprint density at radius 2 is 1.81 bits per heavy atom. The molecule has 2 fully saturated rings. The van der Waals surface area contributed by atoms with Crippen molar-refractivity contribution in [3.05, 3.63) is 28.8 Å². The number of ether oxygens (including phenoxy) is 3. The molecule has 0 aliphatic carbocycles. The molecule has 2 saturated heterocycles. The van der Waals surface area contributed by atoms with E-state index in [2.05, 4.69) is 30.5 Å². The predicted molar refractivity (Wildman–Crippen MR) is 171 cm³/mol. The number of nitrogen functional groups attached to an aromatic ring is 1. The summed E-state index contributed by atoms with van der Waals surface area (Å²) in [6, 6.07) is 0.564. The number of aromatic nitrogens is 3. The lowest BCUT2D eigenvalue weighted by molar-refractivity contribution is -0.189. The zero-order valence-corrected chi connectivity index (χ0v) is 27.7. The first-order chi connectivity index (χ1) is 22.4. The summed E-state index contributed by atoms with van der Waals surface area (Å²) in [7, 11) is 1.76. The van der Waals surface area contributed by atoms with Crippen molar-refractivity contribution in [3.8, 4) is 23.1 Å². The van der Waals surface area contributed by atoms with Gasteiger partial charge in [0.2, 0.25) is 5.88 Å². The maximum absolute atomic E-state index is 16.5. The summed E-state index contributed by atoms with van der Waals surface area (Å²) in [6.45, 7) is 13.9. The summed E-state index contributed by atoms with van der Waals surface area (Å²) in [4.78, 5) is 15.3. The molecule has 3 aromatic rings. The molecule has 1 aromatic carbocycles. The molecule has 15 heteroatoms. The smallest absolute Gasteiger partial charge is 0.417 e. The quantitative estimate of drug-likeness (QED) is 0.117. The number of benzene rings is 1. The SMILES string of the molecule is CC.CCC(C)Oc1nc(-c2cc(N)c(F)c(C)c2C(F)(F)F)c(F)c2nc(OCCCN3CC4(COC4)C3)nc(NCCNC)c12. The number of hydrogen-bond donors (Lipinski definition) is 3. The first-order valence-corrected chi connectivity index (χ1v) is 15.9. The van der Waals surface area contributed by atoms with Crippen molar-refractivity contribution in [2.75, 3.05) is 70.6 Å². The third kappa shape index (κ3) is 7.78. The van der Waals surface area contributed by atoms with Gasteiger partial charge < -0.3 is 35.5 Å². The molecule has 0 radical (unpaired) electrons. The third-order valence-corrected chi connectivity index (χ3v) is 8.14. The van der Waals surface area contributed by atoms with E-state index in [0.29, 0.717) is 25.9 Å². The van der Waals surface area contributed by atoms with Gasteiger partial charge in [0.1, 0.15) is 28.2 Å². The number of hydrogen-bond acceptors (Lipinski definition) is 10. The number of nitrogens with two attached hydrogens (primary N) is 1. The monoisotopic (exact) mass is 669 g/mol. The Morgan fingerprint density at radius 1 is 1.11 bits per heavy atom. The topological polar surface area (TPSA) is 120 Å². The largest absolute Gasteiger partial charge is 0.474 e. The molecule has 0 bridgehead atoms. The number of alkyl halides is 3. The van der Waals surface area contributed by atoms with Crippen LogP contribution in [0.1, 0.15) is 51.7 Å². The standard InChI is InChI=1S/C30H38F5N7O3.C2H6/c1-5-16(2)45-27-20-25(23(32)24(39-27)18-11-19(36)22(31)17(3)21(18)30(33,34)35)40-28(41-26(20)38-8-7-37-4)44-10-6-9-42-12-29(13-42)14-43-15-29;1-2/h11,16,37H,5-10,12-15,36H2,1-4H3,(H,38,40,41);1-2H3. The van der Waals surface area contributed by atoms with Gasteiger partial charge in [0.05, 0.1) is 37.2 Å². The van der Waals surface area contributed by atoms with E-state index in [4.69, 9.17) is 19.9 Å². The fourth-order valence-corrected chi connectivity index (χ4v) is 5.61. The van der Waals surface area contributed by atoms with Gasteiger partial charge in [-0.15, -0.1) is 0 Å². The fraction of sp³-hybridized carbons (Fsp3) is 0.594. The van der Waals surface area contributed by atoms with Gasteiger partial charge in [-0.05, 0) is 45.4 Å². The summed E-state index contributed by atoms with van der Waals surface area (Å²) in [5.41, 5.74) is 1.42. The highest BCUT2D eigenvalue weighted by atomic mass is 19.4. The van der Waals surface area contributed by atoms with Gasteiger partial charge in [0.15, 0.2) is 5.82 Å². The number of fused-ring (bicyclic) bond motifs is 1. The maximum Gasteiger partial charge on any atom is 0.417 e. The van der Waals surface area contributed by atoms with E-state index in [-0.39, 0.29) is 40.6 Å². The van der Waals surface area contributed by atoms with Crippen LogP contribution in [-0.4, -0.2) is 85.5 Å². The highest BCUT2D eigenvalue weighted by Crippen LogP contribution is 2.45. The minimum Gasteiger partial charge on any atom is -0.474 e. The minimum absolute atomic E-state index is 0.0361. The van der Waals surface area contributed by atoms with E-state index < -0.39 is 52.0 Å². The number of nitrogens with one attached hydrogen (secondary N) is 2. The zero-order chi connectivity index (χ0) is 34.5. The number of nitrogens with zero attached hydrogens (tertiary/aromatic N) is 4. The van der Waals surface area contributed by atoms with Crippen LogP contribution in [0, 0.1) is 24.0 Å². The number of rotatable bonds is 13. The average Bonchev–Trinajstić information content (AvgIpc) is 2.99. The van der Waals surface area contributed by atoms with Crippen LogP contribution in [0.2, 0.25) is 0 Å². The molecule has 4 heterocycles. The molecule has 10 nitrogen and oxygen atoms in total. The van der Waals surface area contributed by atoms with Gasteiger partial charge in [-0.2, -0.15) is 23.1 Å². The molecule has 1 spiro atoms. The van der Waals surface area contributed by atoms with Gasteiger partial charge >= 0.3 is 12.2 Å². The van der Waals surface area contributed by atoms with Crippen LogP contribution >= 0.6 is 0 Å². The number of anilines is 2. The van der Waals surface area contributed by atoms with Gasteiger partial charge in [-0.25, -0.2) is 13.8 Å². The van der Waals surface area contributed by atoms with Crippen molar-refractivity contribution < 1.29 is 36.2 Å². The Labute approximate surface area is 271 Å². The van der Waals surface area contributed by atoms with Crippen LogP contribution in [0.15, 0.2) is 6.07 Å². The Morgan fingerprint density at radius 3 is 2.40 bits per heavy atom. The molecule has 4 N–H and O–H groups in total. The lowest BCUT2D eigenvalue weighted by Gasteiger charge is -2.55. The van der Waals surface area contributed by atoms with Gasteiger partial charge in [0, 0.05) is 43.7 Å². The molecule has 1 atom stereocenters. The van der Waals surface area contributed by atoms with Gasteiger partial charge in [-0.3, -0.25) is 0 Å². The number of pyridine rings is 1. The molecule has 5 rings (SSSR count). The Hall–Kier alpha value is -3.56.